The van der Waals surface area contributed by atoms with Gasteiger partial charge in [-0.25, -0.2) is 0 Å². The van der Waals surface area contributed by atoms with Crippen LogP contribution in [0.2, 0.25) is 0 Å². The lowest BCUT2D eigenvalue weighted by molar-refractivity contribution is 1.14. The van der Waals surface area contributed by atoms with Gasteiger partial charge in [-0.3, -0.25) is 4.99 Å². The van der Waals surface area contributed by atoms with Crippen molar-refractivity contribution in [3.05, 3.63) is 47.7 Å². The van der Waals surface area contributed by atoms with E-state index in [0.29, 0.717) is 0 Å². The summed E-state index contributed by atoms with van der Waals surface area (Å²) in [5, 5.41) is 0. The zero-order valence-electron chi connectivity index (χ0n) is 8.03. The van der Waals surface area contributed by atoms with Crippen LogP contribution in [0.15, 0.2) is 52.7 Å². The molecule has 0 amide bonds. The summed E-state index contributed by atoms with van der Waals surface area (Å²) in [6, 6.07) is 0. The van der Waals surface area contributed by atoms with E-state index in [2.05, 4.69) is 42.9 Å². The molecule has 1 rings (SSSR count). The molecule has 0 aromatic heterocycles. The minimum Gasteiger partial charge on any atom is -0.265 e. The molecular formula is C12H15N. The predicted molar refractivity (Wildman–Crippen MR) is 58.9 cm³/mol. The minimum absolute atomic E-state index is 0.927. The maximum atomic E-state index is 3.90. The van der Waals surface area contributed by atoms with Gasteiger partial charge in [0.25, 0.3) is 0 Å². The van der Waals surface area contributed by atoms with Crippen LogP contribution in [0.25, 0.3) is 0 Å². The van der Waals surface area contributed by atoms with E-state index in [0.717, 1.165) is 18.5 Å². The third-order valence-corrected chi connectivity index (χ3v) is 1.96. The molecule has 0 saturated heterocycles. The van der Waals surface area contributed by atoms with Crippen molar-refractivity contribution in [2.75, 3.05) is 0 Å². The van der Waals surface area contributed by atoms with Crippen molar-refractivity contribution in [2.24, 2.45) is 4.99 Å². The first-order valence-electron chi connectivity index (χ1n) is 4.57. The summed E-state index contributed by atoms with van der Waals surface area (Å²) in [4.78, 5) is 3.90. The number of nitrogens with zero attached hydrogens (tertiary/aromatic N) is 1. The highest BCUT2D eigenvalue weighted by Crippen LogP contribution is 2.09. The van der Waals surface area contributed by atoms with Crippen LogP contribution < -0.4 is 0 Å². The normalized spacial score (nSPS) is 23.2. The highest BCUT2D eigenvalue weighted by molar-refractivity contribution is 5.36. The van der Waals surface area contributed by atoms with Gasteiger partial charge in [-0.15, -0.1) is 0 Å². The van der Waals surface area contributed by atoms with Crippen LogP contribution in [0, 0.1) is 0 Å². The van der Waals surface area contributed by atoms with E-state index in [1.165, 1.54) is 5.57 Å². The van der Waals surface area contributed by atoms with Gasteiger partial charge in [0, 0.05) is 0 Å². The molecule has 0 saturated carbocycles. The van der Waals surface area contributed by atoms with E-state index >= 15 is 0 Å². The summed E-state index contributed by atoms with van der Waals surface area (Å²) in [5.74, 6) is 0. The quantitative estimate of drug-likeness (QED) is 0.567. The molecule has 13 heavy (non-hydrogen) atoms. The smallest absolute Gasteiger partial charge is 0.0585 e. The summed E-state index contributed by atoms with van der Waals surface area (Å²) >= 11 is 0. The van der Waals surface area contributed by atoms with Crippen LogP contribution in [0.4, 0.5) is 0 Å². The second kappa shape index (κ2) is 5.31. The van der Waals surface area contributed by atoms with Gasteiger partial charge in [-0.05, 0) is 31.2 Å². The van der Waals surface area contributed by atoms with E-state index in [4.69, 9.17) is 0 Å². The molecule has 0 fully saturated rings. The molecule has 0 aliphatic heterocycles. The highest BCUT2D eigenvalue weighted by atomic mass is 14.7. The second-order valence-electron chi connectivity index (χ2n) is 2.88. The molecule has 1 heteroatoms. The molecular weight excluding hydrogens is 158 g/mol. The van der Waals surface area contributed by atoms with Crippen molar-refractivity contribution in [3.63, 3.8) is 0 Å². The van der Waals surface area contributed by atoms with Crippen LogP contribution in [-0.2, 0) is 0 Å². The van der Waals surface area contributed by atoms with E-state index in [-0.39, 0.29) is 0 Å². The number of aliphatic imine (C=N–C) groups is 1. The Labute approximate surface area is 79.9 Å². The van der Waals surface area contributed by atoms with Gasteiger partial charge in [0.15, 0.2) is 0 Å². The lowest BCUT2D eigenvalue weighted by Gasteiger charge is -1.91. The van der Waals surface area contributed by atoms with Gasteiger partial charge in [-0.1, -0.05) is 37.3 Å². The topological polar surface area (TPSA) is 12.4 Å². The maximum Gasteiger partial charge on any atom is 0.0585 e. The third kappa shape index (κ3) is 3.24. The monoisotopic (exact) mass is 173 g/mol. The van der Waals surface area contributed by atoms with Crippen LogP contribution in [0.1, 0.15) is 19.8 Å². The van der Waals surface area contributed by atoms with Crippen molar-refractivity contribution >= 4 is 6.72 Å². The Morgan fingerprint density at radius 2 is 2.31 bits per heavy atom. The first-order chi connectivity index (χ1) is 6.36. The number of hydrogen-bond acceptors (Lipinski definition) is 1. The molecule has 0 heterocycles. The highest BCUT2D eigenvalue weighted by Gasteiger charge is 1.89. The van der Waals surface area contributed by atoms with E-state index in [9.17, 15) is 0 Å². The summed E-state index contributed by atoms with van der Waals surface area (Å²) < 4.78 is 0. The predicted octanol–water partition coefficient (Wildman–Crippen LogP) is 3.42. The lowest BCUT2D eigenvalue weighted by atomic mass is 10.1. The SMILES string of the molecule is C=NC1=CC/C=C\C(CC)=C\C=C1. The Bertz CT molecular complexity index is 290. The molecule has 1 nitrogen and oxygen atoms in total. The second-order valence-corrected chi connectivity index (χ2v) is 2.88. The zero-order valence-corrected chi connectivity index (χ0v) is 8.03. The molecule has 0 N–H and O–H groups in total. The van der Waals surface area contributed by atoms with Crippen LogP contribution >= 0.6 is 0 Å². The van der Waals surface area contributed by atoms with Crippen molar-refractivity contribution in [2.45, 2.75) is 19.8 Å². The van der Waals surface area contributed by atoms with Crippen LogP contribution in [0.3, 0.4) is 0 Å². The summed E-state index contributed by atoms with van der Waals surface area (Å²) in [7, 11) is 0. The van der Waals surface area contributed by atoms with Crippen molar-refractivity contribution in [1.82, 2.24) is 0 Å². The van der Waals surface area contributed by atoms with Gasteiger partial charge in [0.2, 0.25) is 0 Å². The molecule has 0 bridgehead atoms. The summed E-state index contributed by atoms with van der Waals surface area (Å²) in [5.41, 5.74) is 2.29. The first-order valence-corrected chi connectivity index (χ1v) is 4.57. The van der Waals surface area contributed by atoms with E-state index in [1.54, 1.807) is 0 Å². The molecule has 0 aromatic carbocycles. The number of hydrogen-bond donors (Lipinski definition) is 0. The van der Waals surface area contributed by atoms with Gasteiger partial charge in [0.1, 0.15) is 0 Å². The standard InChI is InChI=1S/C12H15N/c1-3-11-7-4-5-9-12(13-2)10-6-8-11/h4,6-10H,2-3,5H2,1H3/b7-4-,10-6?,11-8+,12-9?. The Hall–Kier alpha value is -1.37. The molecule has 0 atom stereocenters. The first kappa shape index (κ1) is 9.72. The Balaban J connectivity index is 2.84. The molecule has 68 valence electrons. The minimum atomic E-state index is 0.927. The molecule has 0 unspecified atom stereocenters. The number of allylic oxidation sites excluding steroid dienone is 7. The Morgan fingerprint density at radius 1 is 1.46 bits per heavy atom. The number of rotatable bonds is 2. The van der Waals surface area contributed by atoms with E-state index < -0.39 is 0 Å². The fourth-order valence-corrected chi connectivity index (χ4v) is 1.16. The van der Waals surface area contributed by atoms with Crippen molar-refractivity contribution < 1.29 is 0 Å². The Morgan fingerprint density at radius 3 is 3.00 bits per heavy atom. The van der Waals surface area contributed by atoms with Crippen molar-refractivity contribution in [1.29, 1.82) is 0 Å². The summed E-state index contributed by atoms with van der Waals surface area (Å²) in [6.45, 7) is 5.67. The summed E-state index contributed by atoms with van der Waals surface area (Å²) in [6.07, 6.45) is 14.5. The molecule has 0 radical (unpaired) electrons. The van der Waals surface area contributed by atoms with Crippen LogP contribution in [-0.4, -0.2) is 6.72 Å². The molecule has 0 spiro atoms. The molecule has 1 aliphatic carbocycles. The van der Waals surface area contributed by atoms with Gasteiger partial charge < -0.3 is 0 Å². The maximum absolute atomic E-state index is 3.90. The third-order valence-electron chi connectivity index (χ3n) is 1.96. The fourth-order valence-electron chi connectivity index (χ4n) is 1.16. The van der Waals surface area contributed by atoms with Gasteiger partial charge in [-0.2, -0.15) is 0 Å². The zero-order chi connectivity index (χ0) is 9.52. The fraction of sp³-hybridized carbons (Fsp3) is 0.250. The molecule has 0 aromatic rings. The molecule has 1 aliphatic rings. The Kier molecular flexibility index (Phi) is 3.97. The average molecular weight is 173 g/mol. The lowest BCUT2D eigenvalue weighted by Crippen LogP contribution is -1.71. The largest absolute Gasteiger partial charge is 0.265 e. The van der Waals surface area contributed by atoms with Gasteiger partial charge >= 0.3 is 0 Å². The van der Waals surface area contributed by atoms with Gasteiger partial charge in [0.05, 0.1) is 5.70 Å². The van der Waals surface area contributed by atoms with E-state index in [1.807, 2.05) is 12.2 Å². The average Bonchev–Trinajstić information content (AvgIpc) is 2.28. The van der Waals surface area contributed by atoms with Crippen LogP contribution in [0.5, 0.6) is 0 Å². The van der Waals surface area contributed by atoms with Crippen molar-refractivity contribution in [3.8, 4) is 0 Å².